The molecule has 7 atom stereocenters. The van der Waals surface area contributed by atoms with Crippen LogP contribution < -0.4 is 26.6 Å². The lowest BCUT2D eigenvalue weighted by atomic mass is 10.0. The van der Waals surface area contributed by atoms with E-state index in [4.69, 9.17) is 4.74 Å². The first-order valence-electron chi connectivity index (χ1n) is 16.7. The summed E-state index contributed by atoms with van der Waals surface area (Å²) in [6, 6.07) is 3.81. The third-order valence-electron chi connectivity index (χ3n) is 8.91. The van der Waals surface area contributed by atoms with Gasteiger partial charge in [-0.25, -0.2) is 0 Å². The first-order chi connectivity index (χ1) is 22.6. The minimum absolute atomic E-state index is 0.128. The fourth-order valence-electron chi connectivity index (χ4n) is 6.22. The van der Waals surface area contributed by atoms with E-state index in [-0.39, 0.29) is 25.2 Å². The lowest BCUT2D eigenvalue weighted by molar-refractivity contribution is -0.142. The normalized spacial score (nSPS) is 29.3. The number of carbonyl (C=O) groups excluding carboxylic acids is 6. The van der Waals surface area contributed by atoms with E-state index < -0.39 is 72.0 Å². The van der Waals surface area contributed by atoms with Crippen molar-refractivity contribution in [1.82, 2.24) is 31.5 Å². The number of benzene rings is 1. The van der Waals surface area contributed by atoms with E-state index in [1.807, 2.05) is 30.3 Å². The Bertz CT molecular complexity index is 1270. The summed E-state index contributed by atoms with van der Waals surface area (Å²) >= 11 is 0. The zero-order chi connectivity index (χ0) is 33.9. The van der Waals surface area contributed by atoms with E-state index in [1.54, 1.807) is 6.92 Å². The Morgan fingerprint density at radius 3 is 2.34 bits per heavy atom. The van der Waals surface area contributed by atoms with Gasteiger partial charge in [-0.2, -0.15) is 0 Å². The second kappa shape index (κ2) is 17.2. The van der Waals surface area contributed by atoms with Crippen LogP contribution in [0.2, 0.25) is 0 Å². The monoisotopic (exact) mass is 656 g/mol. The van der Waals surface area contributed by atoms with E-state index in [9.17, 15) is 33.9 Å². The van der Waals surface area contributed by atoms with Crippen molar-refractivity contribution in [1.29, 1.82) is 0 Å². The molecule has 0 spiro atoms. The second-order valence-corrected chi connectivity index (χ2v) is 12.5. The molecule has 0 bridgehead atoms. The number of ether oxygens (including phenoxy) is 1. The molecular weight excluding hydrogens is 608 g/mol. The van der Waals surface area contributed by atoms with Gasteiger partial charge in [0.15, 0.2) is 0 Å². The lowest BCUT2D eigenvalue weighted by Crippen LogP contribution is -2.61. The summed E-state index contributed by atoms with van der Waals surface area (Å²) in [6.45, 7) is 4.12. The van der Waals surface area contributed by atoms with Crippen LogP contribution in [0.5, 0.6) is 0 Å². The van der Waals surface area contributed by atoms with Crippen molar-refractivity contribution in [3.05, 3.63) is 35.9 Å². The largest absolute Gasteiger partial charge is 0.391 e. The van der Waals surface area contributed by atoms with Crippen LogP contribution in [-0.2, 0) is 39.9 Å². The maximum absolute atomic E-state index is 13.9. The fourth-order valence-corrected chi connectivity index (χ4v) is 6.22. The van der Waals surface area contributed by atoms with E-state index in [1.165, 1.54) is 11.8 Å². The molecule has 0 unspecified atom stereocenters. The molecule has 3 heterocycles. The van der Waals surface area contributed by atoms with Crippen molar-refractivity contribution < 1.29 is 38.6 Å². The number of nitrogens with one attached hydrogen (secondary N) is 5. The van der Waals surface area contributed by atoms with E-state index >= 15 is 0 Å². The van der Waals surface area contributed by atoms with Crippen LogP contribution in [0.15, 0.2) is 30.3 Å². The lowest BCUT2D eigenvalue weighted by Gasteiger charge is -2.30. The Labute approximate surface area is 275 Å². The molecular formula is C33H48N6O8. The van der Waals surface area contributed by atoms with Crippen LogP contribution in [0.25, 0.3) is 0 Å². The quantitative estimate of drug-likeness (QED) is 0.234. The molecule has 14 nitrogen and oxygen atoms in total. The minimum atomic E-state index is -1.45. The Morgan fingerprint density at radius 2 is 1.66 bits per heavy atom. The van der Waals surface area contributed by atoms with Crippen molar-refractivity contribution in [2.75, 3.05) is 19.7 Å². The Morgan fingerprint density at radius 1 is 0.915 bits per heavy atom. The highest BCUT2D eigenvalue weighted by Crippen LogP contribution is 2.20. The van der Waals surface area contributed by atoms with Gasteiger partial charge in [0.05, 0.1) is 6.10 Å². The third-order valence-corrected chi connectivity index (χ3v) is 8.91. The summed E-state index contributed by atoms with van der Waals surface area (Å²) in [6.07, 6.45) is 1.87. The van der Waals surface area contributed by atoms with Crippen molar-refractivity contribution in [2.24, 2.45) is 0 Å². The van der Waals surface area contributed by atoms with Gasteiger partial charge < -0.3 is 41.3 Å². The average molecular weight is 657 g/mol. The smallest absolute Gasteiger partial charge is 0.249 e. The van der Waals surface area contributed by atoms with Gasteiger partial charge in [0.1, 0.15) is 36.3 Å². The molecule has 3 aliphatic heterocycles. The van der Waals surface area contributed by atoms with Gasteiger partial charge in [-0.15, -0.1) is 0 Å². The molecule has 3 aliphatic rings. The van der Waals surface area contributed by atoms with Gasteiger partial charge in [-0.3, -0.25) is 28.8 Å². The van der Waals surface area contributed by atoms with Crippen LogP contribution in [0.4, 0.5) is 0 Å². The number of amides is 6. The summed E-state index contributed by atoms with van der Waals surface area (Å²) in [5, 5.41) is 24.2. The minimum Gasteiger partial charge on any atom is -0.391 e. The van der Waals surface area contributed by atoms with Gasteiger partial charge in [0.2, 0.25) is 35.4 Å². The molecule has 6 N–H and O–H groups in total. The van der Waals surface area contributed by atoms with Crippen LogP contribution in [0, 0.1) is 0 Å². The number of rotatable bonds is 6. The number of aliphatic hydroxyl groups excluding tert-OH is 1. The number of nitrogens with zero attached hydrogens (tertiary/aromatic N) is 1. The zero-order valence-corrected chi connectivity index (χ0v) is 27.2. The van der Waals surface area contributed by atoms with Gasteiger partial charge in [-0.1, -0.05) is 37.3 Å². The summed E-state index contributed by atoms with van der Waals surface area (Å²) in [4.78, 5) is 82.0. The van der Waals surface area contributed by atoms with Gasteiger partial charge >= 0.3 is 0 Å². The predicted molar refractivity (Wildman–Crippen MR) is 170 cm³/mol. The average Bonchev–Trinajstić information content (AvgIpc) is 3.78. The third kappa shape index (κ3) is 9.74. The van der Waals surface area contributed by atoms with E-state index in [2.05, 4.69) is 26.6 Å². The summed E-state index contributed by atoms with van der Waals surface area (Å²) in [5.41, 5.74) is 0.775. The van der Waals surface area contributed by atoms with Crippen LogP contribution in [0.3, 0.4) is 0 Å². The summed E-state index contributed by atoms with van der Waals surface area (Å²) in [5.74, 6) is -3.22. The van der Waals surface area contributed by atoms with Gasteiger partial charge in [0, 0.05) is 26.1 Å². The molecule has 0 radical (unpaired) electrons. The molecule has 6 amide bonds. The maximum atomic E-state index is 13.9. The second-order valence-electron chi connectivity index (χ2n) is 12.5. The highest BCUT2D eigenvalue weighted by Gasteiger charge is 2.39. The SMILES string of the molecule is CC[C@@H]1NC(=O)[C@@H](NC(=O)[C@@H]2CCCO2)CCCCNC(=O)[C@@H]2CCCN2C(=O)[C@@H](Cc2ccccc2)NC(=O)[C@H]([C@@H](C)O)NC1=O. The molecule has 14 heteroatoms. The molecule has 0 saturated carbocycles. The molecule has 1 aromatic carbocycles. The van der Waals surface area contributed by atoms with Crippen LogP contribution in [0.1, 0.15) is 70.8 Å². The molecule has 1 aromatic rings. The number of carbonyl (C=O) groups is 6. The van der Waals surface area contributed by atoms with Crippen molar-refractivity contribution >= 4 is 35.4 Å². The Hall–Kier alpha value is -4.04. The number of aliphatic hydroxyl groups is 1. The van der Waals surface area contributed by atoms with Crippen LogP contribution in [-0.4, -0.2) is 108 Å². The Kier molecular flexibility index (Phi) is 13.1. The highest BCUT2D eigenvalue weighted by atomic mass is 16.5. The van der Waals surface area contributed by atoms with E-state index in [0.717, 1.165) is 12.0 Å². The summed E-state index contributed by atoms with van der Waals surface area (Å²) < 4.78 is 5.47. The number of hydrogen-bond donors (Lipinski definition) is 6. The number of hydrogen-bond acceptors (Lipinski definition) is 8. The van der Waals surface area contributed by atoms with Gasteiger partial charge in [0.25, 0.3) is 0 Å². The van der Waals surface area contributed by atoms with Crippen molar-refractivity contribution in [3.8, 4) is 0 Å². The molecule has 0 aliphatic carbocycles. The van der Waals surface area contributed by atoms with Gasteiger partial charge in [-0.05, 0) is 63.9 Å². The van der Waals surface area contributed by atoms with E-state index in [0.29, 0.717) is 51.8 Å². The fraction of sp³-hybridized carbons (Fsp3) is 0.636. The van der Waals surface area contributed by atoms with Crippen molar-refractivity contribution in [3.63, 3.8) is 0 Å². The molecule has 47 heavy (non-hydrogen) atoms. The van der Waals surface area contributed by atoms with Crippen LogP contribution >= 0.6 is 0 Å². The topological polar surface area (TPSA) is 195 Å². The molecule has 3 saturated heterocycles. The molecule has 0 aromatic heterocycles. The first-order valence-corrected chi connectivity index (χ1v) is 16.7. The molecule has 3 fully saturated rings. The number of fused-ring (bicyclic) bond motifs is 1. The first kappa shape index (κ1) is 35.8. The predicted octanol–water partition coefficient (Wildman–Crippen LogP) is -0.571. The Balaban J connectivity index is 1.59. The molecule has 4 rings (SSSR count). The summed E-state index contributed by atoms with van der Waals surface area (Å²) in [7, 11) is 0. The zero-order valence-electron chi connectivity index (χ0n) is 27.2. The standard InChI is InChI=1S/C33H48N6O8/c1-3-22-28(41)38-27(20(2)40)32(45)37-24(19-21-11-5-4-6-12-21)33(46)39-17-9-14-25(39)30(43)34-16-8-7-13-23(29(42)35-22)36-31(44)26-15-10-18-47-26/h4-6,11-12,20,22-27,40H,3,7-10,13-19H2,1-2H3,(H,34,43)(H,35,42)(H,36,44)(H,37,45)(H,38,41)/t20-,22+,23+,24-,25+,26+,27+/m1/s1. The van der Waals surface area contributed by atoms with Crippen molar-refractivity contribution in [2.45, 2.75) is 114 Å². The maximum Gasteiger partial charge on any atom is 0.249 e. The highest BCUT2D eigenvalue weighted by molar-refractivity contribution is 5.97. The molecule has 258 valence electrons.